The number of allylic oxidation sites excluding steroid dienone is 2. The van der Waals surface area contributed by atoms with Gasteiger partial charge in [0.1, 0.15) is 0 Å². The lowest BCUT2D eigenvalue weighted by Crippen LogP contribution is -2.07. The monoisotopic (exact) mass is 152 g/mol. The van der Waals surface area contributed by atoms with E-state index in [2.05, 4.69) is 6.92 Å². The molecular weight excluding hydrogens is 136 g/mol. The summed E-state index contributed by atoms with van der Waals surface area (Å²) in [5.41, 5.74) is 1.36. The van der Waals surface area contributed by atoms with Crippen molar-refractivity contribution in [2.75, 3.05) is 0 Å². The van der Waals surface area contributed by atoms with Crippen molar-refractivity contribution in [3.63, 3.8) is 0 Å². The van der Waals surface area contributed by atoms with E-state index in [1.807, 2.05) is 6.08 Å². The van der Waals surface area contributed by atoms with E-state index < -0.39 is 0 Å². The Morgan fingerprint density at radius 2 is 2.27 bits per heavy atom. The van der Waals surface area contributed by atoms with Crippen LogP contribution in [0.5, 0.6) is 0 Å². The highest BCUT2D eigenvalue weighted by atomic mass is 16.1. The molecule has 1 atom stereocenters. The molecule has 1 nitrogen and oxygen atoms in total. The molecule has 1 aliphatic rings. The van der Waals surface area contributed by atoms with Crippen molar-refractivity contribution in [1.82, 2.24) is 0 Å². The second-order valence-corrected chi connectivity index (χ2v) is 3.48. The lowest BCUT2D eigenvalue weighted by molar-refractivity contribution is -0.112. The van der Waals surface area contributed by atoms with E-state index in [4.69, 9.17) is 0 Å². The Morgan fingerprint density at radius 1 is 1.55 bits per heavy atom. The third-order valence-corrected chi connectivity index (χ3v) is 2.37. The number of ketones is 1. The largest absolute Gasteiger partial charge is 0.295 e. The molecule has 0 saturated heterocycles. The van der Waals surface area contributed by atoms with Gasteiger partial charge in [-0.25, -0.2) is 0 Å². The van der Waals surface area contributed by atoms with Crippen LogP contribution in [0.15, 0.2) is 11.6 Å². The molecule has 0 spiro atoms. The van der Waals surface area contributed by atoms with Gasteiger partial charge in [-0.05, 0) is 38.2 Å². The van der Waals surface area contributed by atoms with Crippen LogP contribution in [0.4, 0.5) is 0 Å². The Bertz CT molecular complexity index is 179. The molecule has 0 aromatic heterocycles. The molecule has 1 heteroatoms. The van der Waals surface area contributed by atoms with Crippen LogP contribution < -0.4 is 0 Å². The maximum Gasteiger partial charge on any atom is 0.152 e. The maximum absolute atomic E-state index is 10.8. The minimum atomic E-state index is 0.203. The molecule has 0 N–H and O–H groups in total. The summed E-state index contributed by atoms with van der Waals surface area (Å²) >= 11 is 0. The quantitative estimate of drug-likeness (QED) is 0.528. The van der Waals surface area contributed by atoms with Gasteiger partial charge in [-0.15, -0.1) is 0 Å². The van der Waals surface area contributed by atoms with E-state index >= 15 is 0 Å². The van der Waals surface area contributed by atoms with E-state index in [0.717, 1.165) is 6.42 Å². The SMILES string of the molecule is CC(=O)C=C1CCCCC1C. The summed E-state index contributed by atoms with van der Waals surface area (Å²) in [7, 11) is 0. The first-order valence-corrected chi connectivity index (χ1v) is 4.41. The minimum absolute atomic E-state index is 0.203. The minimum Gasteiger partial charge on any atom is -0.295 e. The number of rotatable bonds is 1. The zero-order chi connectivity index (χ0) is 8.27. The highest BCUT2D eigenvalue weighted by molar-refractivity contribution is 5.88. The van der Waals surface area contributed by atoms with Gasteiger partial charge in [0.25, 0.3) is 0 Å². The zero-order valence-electron chi connectivity index (χ0n) is 7.39. The average Bonchev–Trinajstić information content (AvgIpc) is 1.93. The number of carbonyl (C=O) groups excluding carboxylic acids is 1. The van der Waals surface area contributed by atoms with Crippen molar-refractivity contribution < 1.29 is 4.79 Å². The number of carbonyl (C=O) groups is 1. The van der Waals surface area contributed by atoms with Gasteiger partial charge in [-0.1, -0.05) is 18.9 Å². The molecular formula is C10H16O. The summed E-state index contributed by atoms with van der Waals surface area (Å²) in [5, 5.41) is 0. The van der Waals surface area contributed by atoms with Gasteiger partial charge in [-0.2, -0.15) is 0 Å². The summed E-state index contributed by atoms with van der Waals surface area (Å²) < 4.78 is 0. The van der Waals surface area contributed by atoms with Crippen LogP contribution in [0.25, 0.3) is 0 Å². The predicted octanol–water partition coefficient (Wildman–Crippen LogP) is 2.71. The van der Waals surface area contributed by atoms with Gasteiger partial charge in [0.15, 0.2) is 5.78 Å². The molecule has 0 aromatic carbocycles. The smallest absolute Gasteiger partial charge is 0.152 e. The molecule has 1 aliphatic carbocycles. The Kier molecular flexibility index (Phi) is 2.86. The molecule has 11 heavy (non-hydrogen) atoms. The molecule has 1 unspecified atom stereocenters. The van der Waals surface area contributed by atoms with Crippen LogP contribution in [-0.2, 0) is 4.79 Å². The van der Waals surface area contributed by atoms with Crippen LogP contribution in [0.2, 0.25) is 0 Å². The number of hydrogen-bond donors (Lipinski definition) is 0. The molecule has 0 radical (unpaired) electrons. The third-order valence-electron chi connectivity index (χ3n) is 2.37. The average molecular weight is 152 g/mol. The predicted molar refractivity (Wildman–Crippen MR) is 46.4 cm³/mol. The molecule has 0 aliphatic heterocycles. The Labute approximate surface area is 68.5 Å². The van der Waals surface area contributed by atoms with Gasteiger partial charge >= 0.3 is 0 Å². The van der Waals surface area contributed by atoms with Crippen molar-refractivity contribution in [2.24, 2.45) is 5.92 Å². The molecule has 62 valence electrons. The summed E-state index contributed by atoms with van der Waals surface area (Å²) in [5.74, 6) is 0.849. The molecule has 0 bridgehead atoms. The number of hydrogen-bond acceptors (Lipinski definition) is 1. The topological polar surface area (TPSA) is 17.1 Å². The first kappa shape index (κ1) is 8.51. The highest BCUT2D eigenvalue weighted by Gasteiger charge is 2.13. The molecule has 1 rings (SSSR count). The maximum atomic E-state index is 10.8. The van der Waals surface area contributed by atoms with Gasteiger partial charge in [0.2, 0.25) is 0 Å². The van der Waals surface area contributed by atoms with E-state index in [1.54, 1.807) is 6.92 Å². The summed E-state index contributed by atoms with van der Waals surface area (Å²) in [4.78, 5) is 10.8. The first-order chi connectivity index (χ1) is 5.20. The van der Waals surface area contributed by atoms with Crippen LogP contribution in [0, 0.1) is 5.92 Å². The van der Waals surface area contributed by atoms with Crippen molar-refractivity contribution in [2.45, 2.75) is 39.5 Å². The summed E-state index contributed by atoms with van der Waals surface area (Å²) in [6, 6.07) is 0. The normalized spacial score (nSPS) is 28.9. The van der Waals surface area contributed by atoms with E-state index in [9.17, 15) is 4.79 Å². The van der Waals surface area contributed by atoms with Gasteiger partial charge in [-0.3, -0.25) is 4.79 Å². The summed E-state index contributed by atoms with van der Waals surface area (Å²) in [6.45, 7) is 3.85. The van der Waals surface area contributed by atoms with Gasteiger partial charge in [0.05, 0.1) is 0 Å². The third kappa shape index (κ3) is 2.49. The fourth-order valence-electron chi connectivity index (χ4n) is 1.69. The first-order valence-electron chi connectivity index (χ1n) is 4.41. The van der Waals surface area contributed by atoms with Crippen molar-refractivity contribution in [1.29, 1.82) is 0 Å². The fraction of sp³-hybridized carbons (Fsp3) is 0.700. The van der Waals surface area contributed by atoms with E-state index in [0.29, 0.717) is 5.92 Å². The summed E-state index contributed by atoms with van der Waals surface area (Å²) in [6.07, 6.45) is 6.82. The van der Waals surface area contributed by atoms with Crippen LogP contribution in [0.3, 0.4) is 0 Å². The lowest BCUT2D eigenvalue weighted by atomic mass is 9.85. The molecule has 1 saturated carbocycles. The molecule has 0 aromatic rings. The second-order valence-electron chi connectivity index (χ2n) is 3.48. The molecule has 0 amide bonds. The highest BCUT2D eigenvalue weighted by Crippen LogP contribution is 2.28. The Balaban J connectivity index is 2.60. The van der Waals surface area contributed by atoms with Crippen molar-refractivity contribution in [3.05, 3.63) is 11.6 Å². The zero-order valence-corrected chi connectivity index (χ0v) is 7.39. The van der Waals surface area contributed by atoms with Crippen molar-refractivity contribution in [3.8, 4) is 0 Å². The van der Waals surface area contributed by atoms with Gasteiger partial charge in [0, 0.05) is 0 Å². The molecule has 1 fully saturated rings. The van der Waals surface area contributed by atoms with E-state index in [-0.39, 0.29) is 5.78 Å². The van der Waals surface area contributed by atoms with E-state index in [1.165, 1.54) is 24.8 Å². The van der Waals surface area contributed by atoms with Gasteiger partial charge < -0.3 is 0 Å². The Morgan fingerprint density at radius 3 is 2.82 bits per heavy atom. The lowest BCUT2D eigenvalue weighted by Gasteiger charge is -2.20. The molecule has 0 heterocycles. The second kappa shape index (κ2) is 3.70. The fourth-order valence-corrected chi connectivity index (χ4v) is 1.69. The van der Waals surface area contributed by atoms with Crippen LogP contribution in [-0.4, -0.2) is 5.78 Å². The Hall–Kier alpha value is -0.590. The van der Waals surface area contributed by atoms with Crippen molar-refractivity contribution >= 4 is 5.78 Å². The van der Waals surface area contributed by atoms with Crippen LogP contribution in [0.1, 0.15) is 39.5 Å². The standard InChI is InChI=1S/C10H16O/c1-8-5-3-4-6-10(8)7-9(2)11/h7-8H,3-6H2,1-2H3. The van der Waals surface area contributed by atoms with Crippen LogP contribution >= 0.6 is 0 Å².